The smallest absolute Gasteiger partial charge is 0.197 e. The van der Waals surface area contributed by atoms with Crippen LogP contribution in [-0.2, 0) is 6.54 Å². The topological polar surface area (TPSA) is 51.4 Å². The van der Waals surface area contributed by atoms with Crippen molar-refractivity contribution in [3.05, 3.63) is 22.4 Å². The summed E-state index contributed by atoms with van der Waals surface area (Å²) < 4.78 is 9.53. The summed E-state index contributed by atoms with van der Waals surface area (Å²) in [5.41, 5.74) is 5.81. The molecule has 2 heterocycles. The number of aromatic nitrogens is 1. The molecule has 98 valence electrons. The van der Waals surface area contributed by atoms with Gasteiger partial charge in [-0.25, -0.2) is 0 Å². The fourth-order valence-electron chi connectivity index (χ4n) is 1.72. The molecule has 0 aliphatic carbocycles. The maximum Gasteiger partial charge on any atom is 0.197 e. The Morgan fingerprint density at radius 3 is 2.83 bits per heavy atom. The van der Waals surface area contributed by atoms with Gasteiger partial charge < -0.3 is 15.4 Å². The van der Waals surface area contributed by atoms with Crippen molar-refractivity contribution >= 4 is 33.7 Å². The van der Waals surface area contributed by atoms with Crippen LogP contribution in [0.1, 0.15) is 18.7 Å². The first-order chi connectivity index (χ1) is 8.63. The third kappa shape index (κ3) is 2.59. The summed E-state index contributed by atoms with van der Waals surface area (Å²) in [6.45, 7) is 5.17. The van der Waals surface area contributed by atoms with E-state index in [1.165, 1.54) is 16.4 Å². The van der Waals surface area contributed by atoms with Crippen LogP contribution >= 0.6 is 22.9 Å². The van der Waals surface area contributed by atoms with Crippen LogP contribution in [0, 0.1) is 0 Å². The van der Waals surface area contributed by atoms with Crippen molar-refractivity contribution in [2.45, 2.75) is 26.4 Å². The number of anilines is 2. The maximum atomic E-state index is 5.81. The number of thiophene rings is 1. The Balaban J connectivity index is 2.29. The molecule has 2 aromatic heterocycles. The van der Waals surface area contributed by atoms with Crippen LogP contribution in [0.4, 0.5) is 10.8 Å². The minimum Gasteiger partial charge on any atom is -0.490 e. The Morgan fingerprint density at radius 2 is 2.28 bits per heavy atom. The lowest BCUT2D eigenvalue weighted by molar-refractivity contribution is 0.416. The number of hydrogen-bond acceptors (Lipinski definition) is 6. The number of methoxy groups -OCH3 is 1. The second-order valence-corrected chi connectivity index (χ2v) is 5.99. The van der Waals surface area contributed by atoms with Crippen LogP contribution in [0.25, 0.3) is 0 Å². The Kier molecular flexibility index (Phi) is 4.08. The zero-order chi connectivity index (χ0) is 13.1. The van der Waals surface area contributed by atoms with Gasteiger partial charge in [0.15, 0.2) is 16.6 Å². The van der Waals surface area contributed by atoms with E-state index in [0.29, 0.717) is 17.6 Å². The second kappa shape index (κ2) is 5.58. The summed E-state index contributed by atoms with van der Waals surface area (Å²) in [6.07, 6.45) is 0. The molecule has 0 unspecified atom stereocenters. The predicted octanol–water partition coefficient (Wildman–Crippen LogP) is 3.21. The molecule has 0 aromatic carbocycles. The van der Waals surface area contributed by atoms with Gasteiger partial charge in [0.25, 0.3) is 0 Å². The highest BCUT2D eigenvalue weighted by Gasteiger charge is 2.21. The van der Waals surface area contributed by atoms with Gasteiger partial charge in [-0.1, -0.05) is 6.07 Å². The number of nitrogens with zero attached hydrogens (tertiary/aromatic N) is 2. The minimum absolute atomic E-state index is 0.362. The first kappa shape index (κ1) is 13.2. The van der Waals surface area contributed by atoms with Crippen molar-refractivity contribution in [1.82, 2.24) is 4.37 Å². The lowest BCUT2D eigenvalue weighted by Crippen LogP contribution is -2.29. The van der Waals surface area contributed by atoms with Crippen molar-refractivity contribution in [3.63, 3.8) is 0 Å². The highest BCUT2D eigenvalue weighted by molar-refractivity contribution is 7.11. The highest BCUT2D eigenvalue weighted by atomic mass is 32.1. The molecule has 0 amide bonds. The first-order valence-corrected chi connectivity index (χ1v) is 7.37. The van der Waals surface area contributed by atoms with Gasteiger partial charge in [-0.15, -0.1) is 11.3 Å². The van der Waals surface area contributed by atoms with E-state index in [2.05, 4.69) is 40.6 Å². The highest BCUT2D eigenvalue weighted by Crippen LogP contribution is 2.39. The molecule has 0 saturated heterocycles. The molecule has 4 nitrogen and oxygen atoms in total. The van der Waals surface area contributed by atoms with Gasteiger partial charge in [-0.05, 0) is 36.8 Å². The summed E-state index contributed by atoms with van der Waals surface area (Å²) in [6, 6.07) is 4.56. The third-order valence-corrected chi connectivity index (χ3v) is 4.39. The van der Waals surface area contributed by atoms with Gasteiger partial charge in [0, 0.05) is 10.9 Å². The average molecular weight is 283 g/mol. The lowest BCUT2D eigenvalue weighted by Gasteiger charge is -2.27. The van der Waals surface area contributed by atoms with Gasteiger partial charge in [0.05, 0.1) is 13.7 Å². The molecule has 0 aliphatic heterocycles. The normalized spacial score (nSPS) is 10.9. The van der Waals surface area contributed by atoms with E-state index in [1.54, 1.807) is 18.4 Å². The van der Waals surface area contributed by atoms with Crippen LogP contribution in [-0.4, -0.2) is 17.5 Å². The fraction of sp³-hybridized carbons (Fsp3) is 0.417. The molecule has 0 atom stereocenters. The number of hydrogen-bond donors (Lipinski definition) is 1. The van der Waals surface area contributed by atoms with Crippen LogP contribution in [0.3, 0.4) is 0 Å². The van der Waals surface area contributed by atoms with E-state index in [0.717, 1.165) is 11.5 Å². The summed E-state index contributed by atoms with van der Waals surface area (Å²) in [4.78, 5) is 3.58. The van der Waals surface area contributed by atoms with Gasteiger partial charge in [-0.3, -0.25) is 0 Å². The Morgan fingerprint density at radius 1 is 1.50 bits per heavy atom. The molecule has 0 radical (unpaired) electrons. The number of rotatable bonds is 5. The molecule has 18 heavy (non-hydrogen) atoms. The monoisotopic (exact) mass is 283 g/mol. The minimum atomic E-state index is 0.362. The summed E-state index contributed by atoms with van der Waals surface area (Å²) >= 11 is 3.14. The zero-order valence-corrected chi connectivity index (χ0v) is 12.3. The molecular formula is C12H17N3OS2. The number of ether oxygens (including phenoxy) is 1. The molecule has 6 heteroatoms. The van der Waals surface area contributed by atoms with Gasteiger partial charge in [0.1, 0.15) is 0 Å². The van der Waals surface area contributed by atoms with Crippen LogP contribution < -0.4 is 15.4 Å². The molecule has 0 aliphatic rings. The van der Waals surface area contributed by atoms with Crippen LogP contribution in [0.15, 0.2) is 17.5 Å². The van der Waals surface area contributed by atoms with Crippen molar-refractivity contribution in [1.29, 1.82) is 0 Å². The predicted molar refractivity (Wildman–Crippen MR) is 78.7 cm³/mol. The van der Waals surface area contributed by atoms with E-state index < -0.39 is 0 Å². The molecule has 2 aromatic rings. The van der Waals surface area contributed by atoms with E-state index in [4.69, 9.17) is 10.5 Å². The Bertz CT molecular complexity index is 493. The number of nitrogen functional groups attached to an aromatic ring is 1. The second-order valence-electron chi connectivity index (χ2n) is 4.21. The largest absolute Gasteiger partial charge is 0.490 e. The van der Waals surface area contributed by atoms with Crippen molar-refractivity contribution in [2.75, 3.05) is 17.7 Å². The van der Waals surface area contributed by atoms with Crippen molar-refractivity contribution < 1.29 is 4.74 Å². The van der Waals surface area contributed by atoms with E-state index >= 15 is 0 Å². The standard InChI is InChI=1S/C12H17N3OS2/c1-8(2)15(7-9-5-4-6-17-9)12-10(16-3)11(13)14-18-12/h4-6,8H,7H2,1-3H3,(H2,13,14). The third-order valence-electron chi connectivity index (χ3n) is 2.65. The molecule has 0 bridgehead atoms. The number of nitrogens with two attached hydrogens (primary N) is 1. The van der Waals surface area contributed by atoms with Crippen molar-refractivity contribution in [3.8, 4) is 5.75 Å². The zero-order valence-electron chi connectivity index (χ0n) is 10.7. The lowest BCUT2D eigenvalue weighted by atomic mass is 10.3. The maximum absolute atomic E-state index is 5.81. The summed E-state index contributed by atoms with van der Waals surface area (Å²) in [5.74, 6) is 1.15. The van der Waals surface area contributed by atoms with Gasteiger partial charge in [-0.2, -0.15) is 4.37 Å². The van der Waals surface area contributed by atoms with E-state index in [1.807, 2.05) is 0 Å². The Hall–Kier alpha value is -1.27. The van der Waals surface area contributed by atoms with Crippen LogP contribution in [0.5, 0.6) is 5.75 Å². The van der Waals surface area contributed by atoms with Crippen molar-refractivity contribution in [2.24, 2.45) is 0 Å². The molecule has 0 fully saturated rings. The first-order valence-electron chi connectivity index (χ1n) is 5.71. The Labute approximate surface area is 115 Å². The molecule has 0 spiro atoms. The van der Waals surface area contributed by atoms with Gasteiger partial charge in [0.2, 0.25) is 0 Å². The molecule has 0 saturated carbocycles. The quantitative estimate of drug-likeness (QED) is 0.915. The van der Waals surface area contributed by atoms with Gasteiger partial charge >= 0.3 is 0 Å². The molecule has 2 rings (SSSR count). The summed E-state index contributed by atoms with van der Waals surface area (Å²) in [7, 11) is 1.63. The molecular weight excluding hydrogens is 266 g/mol. The van der Waals surface area contributed by atoms with E-state index in [9.17, 15) is 0 Å². The molecule has 2 N–H and O–H groups in total. The summed E-state index contributed by atoms with van der Waals surface area (Å²) in [5, 5.41) is 3.09. The van der Waals surface area contributed by atoms with Crippen LogP contribution in [0.2, 0.25) is 0 Å². The SMILES string of the molecule is COc1c(N)nsc1N(Cc1cccs1)C(C)C. The average Bonchev–Trinajstić information content (AvgIpc) is 2.94. The van der Waals surface area contributed by atoms with E-state index in [-0.39, 0.29) is 0 Å². The fourth-order valence-corrected chi connectivity index (χ4v) is 3.34.